The van der Waals surface area contributed by atoms with Crippen LogP contribution < -0.4 is 0 Å². The van der Waals surface area contributed by atoms with Crippen LogP contribution in [-0.4, -0.2) is 37.8 Å². The number of rotatable bonds is 11. The summed E-state index contributed by atoms with van der Waals surface area (Å²) < 4.78 is 18.6. The van der Waals surface area contributed by atoms with Gasteiger partial charge in [-0.15, -0.1) is 0 Å². The van der Waals surface area contributed by atoms with E-state index >= 15 is 0 Å². The van der Waals surface area contributed by atoms with Crippen LogP contribution in [0.25, 0.3) is 6.08 Å². The molecule has 0 radical (unpaired) electrons. The zero-order valence-corrected chi connectivity index (χ0v) is 24.6. The van der Waals surface area contributed by atoms with Crippen molar-refractivity contribution < 1.29 is 17.8 Å². The maximum absolute atomic E-state index is 12.2. The summed E-state index contributed by atoms with van der Waals surface area (Å²) in [5.41, 5.74) is 4.78. The normalized spacial score (nSPS) is 14.2. The Morgan fingerprint density at radius 1 is 0.935 bits per heavy atom. The lowest BCUT2D eigenvalue weighted by Crippen LogP contribution is -2.53. The molecule has 0 aromatic heterocycles. The molecule has 1 aromatic carbocycles. The molecule has 0 aliphatic heterocycles. The molecule has 0 aliphatic rings. The van der Waals surface area contributed by atoms with Crippen molar-refractivity contribution in [2.24, 2.45) is 5.92 Å². The molecule has 0 N–H and O–H groups in total. The van der Waals surface area contributed by atoms with E-state index in [4.69, 9.17) is 13.0 Å². The predicted molar refractivity (Wildman–Crippen MR) is 140 cm³/mol. The van der Waals surface area contributed by atoms with E-state index in [-0.39, 0.29) is 5.97 Å². The SMILES string of the molecule is Cc1cc(/C=C/C(=O)OCCC(C)C[Si](C)(O[Si](C)(C)C)O[Si](C)(C)C)cc(C)c1C. The highest BCUT2D eigenvalue weighted by molar-refractivity contribution is 6.87. The summed E-state index contributed by atoms with van der Waals surface area (Å²) >= 11 is 0. The Balaban J connectivity index is 2.60. The summed E-state index contributed by atoms with van der Waals surface area (Å²) in [7, 11) is -5.66. The summed E-state index contributed by atoms with van der Waals surface area (Å²) in [6.07, 6.45) is 4.17. The molecular formula is C24H44O4Si3. The third kappa shape index (κ3) is 11.4. The van der Waals surface area contributed by atoms with Crippen molar-refractivity contribution in [1.82, 2.24) is 0 Å². The minimum atomic E-state index is -2.27. The second kappa shape index (κ2) is 11.2. The second-order valence-corrected chi connectivity index (χ2v) is 23.7. The highest BCUT2D eigenvalue weighted by atomic mass is 28.5. The van der Waals surface area contributed by atoms with Crippen LogP contribution in [0.1, 0.15) is 35.6 Å². The Labute approximate surface area is 193 Å². The Bertz CT molecular complexity index is 737. The van der Waals surface area contributed by atoms with Gasteiger partial charge in [0.25, 0.3) is 0 Å². The van der Waals surface area contributed by atoms with Crippen molar-refractivity contribution in [3.05, 3.63) is 40.5 Å². The van der Waals surface area contributed by atoms with Gasteiger partial charge in [-0.1, -0.05) is 19.1 Å². The first-order chi connectivity index (χ1) is 14.0. The van der Waals surface area contributed by atoms with Crippen molar-refractivity contribution >= 4 is 37.2 Å². The minimum Gasteiger partial charge on any atom is -0.463 e. The Morgan fingerprint density at radius 2 is 1.42 bits per heavy atom. The lowest BCUT2D eigenvalue weighted by Gasteiger charge is -2.39. The average molecular weight is 481 g/mol. The lowest BCUT2D eigenvalue weighted by atomic mass is 10.0. The van der Waals surface area contributed by atoms with Crippen molar-refractivity contribution in [2.45, 2.75) is 86.0 Å². The Morgan fingerprint density at radius 3 is 1.87 bits per heavy atom. The maximum atomic E-state index is 12.2. The lowest BCUT2D eigenvalue weighted by molar-refractivity contribution is -0.137. The number of carbonyl (C=O) groups excluding carboxylic acids is 1. The first-order valence-electron chi connectivity index (χ1n) is 11.3. The molecule has 0 heterocycles. The van der Waals surface area contributed by atoms with E-state index < -0.39 is 25.2 Å². The van der Waals surface area contributed by atoms with Crippen molar-refractivity contribution in [3.63, 3.8) is 0 Å². The van der Waals surface area contributed by atoms with Crippen LogP contribution in [0, 0.1) is 26.7 Å². The molecule has 7 heteroatoms. The molecule has 0 amide bonds. The monoisotopic (exact) mass is 480 g/mol. The van der Waals surface area contributed by atoms with E-state index in [9.17, 15) is 4.79 Å². The van der Waals surface area contributed by atoms with Crippen LogP contribution in [0.3, 0.4) is 0 Å². The van der Waals surface area contributed by atoms with Gasteiger partial charge in [-0.2, -0.15) is 0 Å². The highest BCUT2D eigenvalue weighted by Gasteiger charge is 2.41. The topological polar surface area (TPSA) is 44.8 Å². The first-order valence-corrected chi connectivity index (χ1v) is 20.7. The summed E-state index contributed by atoms with van der Waals surface area (Å²) in [4.78, 5) is 12.2. The van der Waals surface area contributed by atoms with E-state index in [1.54, 1.807) is 0 Å². The summed E-state index contributed by atoms with van der Waals surface area (Å²) in [6, 6.07) is 5.12. The zero-order valence-electron chi connectivity index (χ0n) is 21.6. The third-order valence-electron chi connectivity index (χ3n) is 4.98. The van der Waals surface area contributed by atoms with E-state index in [0.29, 0.717) is 12.5 Å². The van der Waals surface area contributed by atoms with E-state index in [2.05, 4.69) is 85.7 Å². The van der Waals surface area contributed by atoms with Gasteiger partial charge in [0, 0.05) is 6.08 Å². The Hall–Kier alpha value is -0.999. The van der Waals surface area contributed by atoms with Gasteiger partial charge in [-0.05, 0) is 113 Å². The van der Waals surface area contributed by atoms with Gasteiger partial charge in [-0.3, -0.25) is 0 Å². The molecular weight excluding hydrogens is 437 g/mol. The van der Waals surface area contributed by atoms with E-state index in [0.717, 1.165) is 18.0 Å². The van der Waals surface area contributed by atoms with Gasteiger partial charge in [-0.25, -0.2) is 4.79 Å². The van der Waals surface area contributed by atoms with Crippen molar-refractivity contribution in [2.75, 3.05) is 6.61 Å². The molecule has 0 spiro atoms. The smallest absolute Gasteiger partial charge is 0.330 e. The molecule has 176 valence electrons. The number of ether oxygens (including phenoxy) is 1. The van der Waals surface area contributed by atoms with Crippen LogP contribution in [0.4, 0.5) is 0 Å². The molecule has 31 heavy (non-hydrogen) atoms. The average Bonchev–Trinajstić information content (AvgIpc) is 2.53. The molecule has 0 saturated heterocycles. The fraction of sp³-hybridized carbons (Fsp3) is 0.625. The number of hydrogen-bond donors (Lipinski definition) is 0. The molecule has 1 unspecified atom stereocenters. The number of benzene rings is 1. The largest absolute Gasteiger partial charge is 0.463 e. The van der Waals surface area contributed by atoms with Crippen molar-refractivity contribution in [3.8, 4) is 0 Å². The van der Waals surface area contributed by atoms with Gasteiger partial charge in [0.05, 0.1) is 6.61 Å². The summed E-state index contributed by atoms with van der Waals surface area (Å²) in [6.45, 7) is 24.5. The van der Waals surface area contributed by atoms with Crippen LogP contribution in [0.5, 0.6) is 0 Å². The van der Waals surface area contributed by atoms with E-state index in [1.165, 1.54) is 22.8 Å². The van der Waals surface area contributed by atoms with Crippen LogP contribution in [-0.2, 0) is 17.8 Å². The minimum absolute atomic E-state index is 0.292. The van der Waals surface area contributed by atoms with Gasteiger partial charge in [0.2, 0.25) is 0 Å². The van der Waals surface area contributed by atoms with Crippen LogP contribution >= 0.6 is 0 Å². The molecule has 1 atom stereocenters. The second-order valence-electron chi connectivity index (χ2n) is 10.9. The number of esters is 1. The molecule has 0 aliphatic carbocycles. The van der Waals surface area contributed by atoms with Gasteiger partial charge < -0.3 is 13.0 Å². The van der Waals surface area contributed by atoms with Gasteiger partial charge in [0.1, 0.15) is 0 Å². The molecule has 0 fully saturated rings. The quantitative estimate of drug-likeness (QED) is 0.195. The molecule has 1 aromatic rings. The predicted octanol–water partition coefficient (Wildman–Crippen LogP) is 6.97. The van der Waals surface area contributed by atoms with Crippen LogP contribution in [0.15, 0.2) is 18.2 Å². The molecule has 0 bridgehead atoms. The maximum Gasteiger partial charge on any atom is 0.330 e. The van der Waals surface area contributed by atoms with Gasteiger partial charge >= 0.3 is 14.5 Å². The zero-order chi connectivity index (χ0) is 24.0. The highest BCUT2D eigenvalue weighted by Crippen LogP contribution is 2.28. The Kier molecular flexibility index (Phi) is 10.2. The molecule has 1 rings (SSSR count). The van der Waals surface area contributed by atoms with Crippen LogP contribution in [0.2, 0.25) is 51.9 Å². The fourth-order valence-electron chi connectivity index (χ4n) is 3.87. The summed E-state index contributed by atoms with van der Waals surface area (Å²) in [5.74, 6) is 0.0864. The molecule has 0 saturated carbocycles. The van der Waals surface area contributed by atoms with Gasteiger partial charge in [0.15, 0.2) is 16.6 Å². The van der Waals surface area contributed by atoms with E-state index in [1.807, 2.05) is 6.08 Å². The number of carbonyl (C=O) groups is 1. The first kappa shape index (κ1) is 28.0. The number of aryl methyl sites for hydroxylation is 2. The van der Waals surface area contributed by atoms with Crippen molar-refractivity contribution in [1.29, 1.82) is 0 Å². The molecule has 4 nitrogen and oxygen atoms in total. The fourth-order valence-corrected chi connectivity index (χ4v) is 16.9. The summed E-state index contributed by atoms with van der Waals surface area (Å²) in [5, 5.41) is 0. The number of hydrogen-bond acceptors (Lipinski definition) is 4. The standard InChI is InChI=1S/C24H44O4Si3/c1-19(18-31(11,27-29(5,6)7)28-30(8,9)10)14-15-26-24(25)13-12-23-16-20(2)22(4)21(3)17-23/h12-13,16-17,19H,14-15,18H2,1-11H3/b13-12+. The third-order valence-corrected chi connectivity index (χ3v) is 14.8.